The van der Waals surface area contributed by atoms with Crippen LogP contribution >= 0.6 is 15.9 Å². The van der Waals surface area contributed by atoms with Gasteiger partial charge in [-0.2, -0.15) is 4.31 Å². The maximum absolute atomic E-state index is 12.6. The van der Waals surface area contributed by atoms with E-state index in [4.69, 9.17) is 0 Å². The van der Waals surface area contributed by atoms with Crippen LogP contribution in [0.5, 0.6) is 0 Å². The van der Waals surface area contributed by atoms with Crippen LogP contribution in [0.25, 0.3) is 4.48 Å². The van der Waals surface area contributed by atoms with Crippen LogP contribution in [0.1, 0.15) is 29.5 Å². The quantitative estimate of drug-likeness (QED) is 0.742. The molecule has 1 fully saturated rings. The molecule has 146 valence electrons. The Labute approximate surface area is 173 Å². The highest BCUT2D eigenvalue weighted by Crippen LogP contribution is 2.36. The summed E-state index contributed by atoms with van der Waals surface area (Å²) in [6.45, 7) is 1.53. The van der Waals surface area contributed by atoms with E-state index in [0.29, 0.717) is 31.0 Å². The number of hydrogen-bond acceptors (Lipinski definition) is 3. The molecule has 2 aromatic rings. The molecule has 0 unspecified atom stereocenters. The number of halogens is 1. The van der Waals surface area contributed by atoms with Crippen molar-refractivity contribution in [1.29, 1.82) is 0 Å². The molecule has 5 nitrogen and oxygen atoms in total. The minimum atomic E-state index is -3.41. The largest absolute Gasteiger partial charge is 0.348 e. The molecular weight excluding hydrogens is 440 g/mol. The monoisotopic (exact) mass is 460 g/mol. The lowest BCUT2D eigenvalue weighted by atomic mass is 10.1. The normalized spacial score (nSPS) is 17.0. The highest BCUT2D eigenvalue weighted by molar-refractivity contribution is 9.15. The number of nitrogens with zero attached hydrogens (tertiary/aromatic N) is 1. The summed E-state index contributed by atoms with van der Waals surface area (Å²) in [5, 5.41) is 2.93. The van der Waals surface area contributed by atoms with Gasteiger partial charge in [0.15, 0.2) is 0 Å². The first kappa shape index (κ1) is 19.4. The van der Waals surface area contributed by atoms with Crippen molar-refractivity contribution in [3.63, 3.8) is 0 Å². The van der Waals surface area contributed by atoms with Crippen molar-refractivity contribution in [2.45, 2.75) is 30.7 Å². The second kappa shape index (κ2) is 7.81. The lowest BCUT2D eigenvalue weighted by Crippen LogP contribution is -2.28. The van der Waals surface area contributed by atoms with Crippen LogP contribution in [0.15, 0.2) is 59.0 Å². The van der Waals surface area contributed by atoms with Crippen molar-refractivity contribution in [2.24, 2.45) is 0 Å². The van der Waals surface area contributed by atoms with Crippen LogP contribution in [0.4, 0.5) is 0 Å². The zero-order valence-corrected chi connectivity index (χ0v) is 17.7. The number of fused-ring (bicyclic) bond motifs is 1. The molecule has 28 heavy (non-hydrogen) atoms. The molecule has 1 aliphatic heterocycles. The summed E-state index contributed by atoms with van der Waals surface area (Å²) in [7, 11) is -3.41. The van der Waals surface area contributed by atoms with Crippen LogP contribution in [0, 0.1) is 0 Å². The van der Waals surface area contributed by atoms with Gasteiger partial charge in [0.1, 0.15) is 0 Å². The zero-order chi connectivity index (χ0) is 19.7. The summed E-state index contributed by atoms with van der Waals surface area (Å²) in [5.74, 6) is -0.114. The lowest BCUT2D eigenvalue weighted by molar-refractivity contribution is -0.117. The van der Waals surface area contributed by atoms with Crippen molar-refractivity contribution in [3.05, 3.63) is 70.8 Å². The van der Waals surface area contributed by atoms with Crippen molar-refractivity contribution < 1.29 is 13.2 Å². The van der Waals surface area contributed by atoms with Crippen molar-refractivity contribution in [2.75, 3.05) is 13.1 Å². The summed E-state index contributed by atoms with van der Waals surface area (Å²) in [6, 6.07) is 14.7. The molecule has 0 radical (unpaired) electrons. The smallest absolute Gasteiger partial charge is 0.248 e. The Morgan fingerprint density at radius 2 is 1.71 bits per heavy atom. The molecule has 0 aromatic heterocycles. The summed E-state index contributed by atoms with van der Waals surface area (Å²) in [4.78, 5) is 12.9. The van der Waals surface area contributed by atoms with Gasteiger partial charge in [-0.1, -0.05) is 36.4 Å². The fourth-order valence-corrected chi connectivity index (χ4v) is 5.87. The van der Waals surface area contributed by atoms with E-state index in [1.807, 2.05) is 24.3 Å². The van der Waals surface area contributed by atoms with E-state index in [9.17, 15) is 13.2 Å². The molecule has 1 heterocycles. The molecule has 1 aliphatic carbocycles. The number of hydrogen-bond donors (Lipinski definition) is 1. The second-order valence-electron chi connectivity index (χ2n) is 7.06. The first-order valence-electron chi connectivity index (χ1n) is 9.31. The van der Waals surface area contributed by atoms with Crippen LogP contribution < -0.4 is 5.32 Å². The molecule has 0 bridgehead atoms. The molecule has 2 aliphatic rings. The summed E-state index contributed by atoms with van der Waals surface area (Å²) in [6.07, 6.45) is 2.44. The topological polar surface area (TPSA) is 66.5 Å². The SMILES string of the molecule is O=C(NCc1ccc(S(=O)(=O)N2CCCC2)cc1)C1=C(Br)c2ccccc2C1. The van der Waals surface area contributed by atoms with Gasteiger partial charge in [-0.3, -0.25) is 4.79 Å². The van der Waals surface area contributed by atoms with Crippen LogP contribution in [0.2, 0.25) is 0 Å². The van der Waals surface area contributed by atoms with Gasteiger partial charge in [0.25, 0.3) is 0 Å². The predicted molar refractivity (Wildman–Crippen MR) is 112 cm³/mol. The van der Waals surface area contributed by atoms with Crippen molar-refractivity contribution in [1.82, 2.24) is 9.62 Å². The van der Waals surface area contributed by atoms with Gasteiger partial charge in [0, 0.05) is 36.1 Å². The van der Waals surface area contributed by atoms with Gasteiger partial charge in [-0.15, -0.1) is 0 Å². The van der Waals surface area contributed by atoms with Gasteiger partial charge in [0.2, 0.25) is 15.9 Å². The summed E-state index contributed by atoms with van der Waals surface area (Å²) in [5.41, 5.74) is 3.77. The molecule has 0 spiro atoms. The van der Waals surface area contributed by atoms with E-state index < -0.39 is 10.0 Å². The lowest BCUT2D eigenvalue weighted by Gasteiger charge is -2.15. The third kappa shape index (κ3) is 3.66. The Morgan fingerprint density at radius 3 is 2.39 bits per heavy atom. The van der Waals surface area contributed by atoms with E-state index in [0.717, 1.165) is 39.6 Å². The molecule has 0 atom stereocenters. The minimum Gasteiger partial charge on any atom is -0.348 e. The van der Waals surface area contributed by atoms with Crippen LogP contribution in [-0.2, 0) is 27.8 Å². The molecule has 1 saturated heterocycles. The fraction of sp³-hybridized carbons (Fsp3) is 0.286. The van der Waals surface area contributed by atoms with E-state index in [-0.39, 0.29) is 5.91 Å². The Kier molecular flexibility index (Phi) is 5.40. The molecule has 0 saturated carbocycles. The molecule has 2 aromatic carbocycles. The van der Waals surface area contributed by atoms with Gasteiger partial charge < -0.3 is 5.32 Å². The minimum absolute atomic E-state index is 0.114. The van der Waals surface area contributed by atoms with E-state index in [1.165, 1.54) is 4.31 Å². The first-order valence-corrected chi connectivity index (χ1v) is 11.5. The van der Waals surface area contributed by atoms with Gasteiger partial charge in [-0.25, -0.2) is 8.42 Å². The van der Waals surface area contributed by atoms with Crippen LogP contribution in [0.3, 0.4) is 0 Å². The van der Waals surface area contributed by atoms with E-state index >= 15 is 0 Å². The maximum atomic E-state index is 12.6. The Morgan fingerprint density at radius 1 is 1.04 bits per heavy atom. The number of amides is 1. The van der Waals surface area contributed by atoms with E-state index in [2.05, 4.69) is 21.2 Å². The maximum Gasteiger partial charge on any atom is 0.248 e. The molecule has 7 heteroatoms. The fourth-order valence-electron chi connectivity index (χ4n) is 3.65. The number of carbonyl (C=O) groups is 1. The highest BCUT2D eigenvalue weighted by Gasteiger charge is 2.27. The molecule has 4 rings (SSSR count). The summed E-state index contributed by atoms with van der Waals surface area (Å²) >= 11 is 3.54. The number of nitrogens with one attached hydrogen (secondary N) is 1. The van der Waals surface area contributed by atoms with Gasteiger partial charge in [0.05, 0.1) is 4.90 Å². The third-order valence-corrected chi connectivity index (χ3v) is 8.06. The number of sulfonamides is 1. The molecule has 1 amide bonds. The van der Waals surface area contributed by atoms with E-state index in [1.54, 1.807) is 24.3 Å². The Hall–Kier alpha value is -1.96. The van der Waals surface area contributed by atoms with Gasteiger partial charge in [-0.05, 0) is 57.6 Å². The highest BCUT2D eigenvalue weighted by atomic mass is 79.9. The van der Waals surface area contributed by atoms with Gasteiger partial charge >= 0.3 is 0 Å². The number of benzene rings is 2. The first-order chi connectivity index (χ1) is 13.5. The zero-order valence-electron chi connectivity index (χ0n) is 15.3. The Bertz CT molecular complexity index is 1040. The average Bonchev–Trinajstić information content (AvgIpc) is 3.36. The summed E-state index contributed by atoms with van der Waals surface area (Å²) < 4.78 is 27.5. The third-order valence-electron chi connectivity index (χ3n) is 5.24. The number of carbonyl (C=O) groups excluding carboxylic acids is 1. The second-order valence-corrected chi connectivity index (χ2v) is 9.80. The molecule has 1 N–H and O–H groups in total. The predicted octanol–water partition coefficient (Wildman–Crippen LogP) is 3.45. The Balaban J connectivity index is 1.41. The number of rotatable bonds is 5. The average molecular weight is 461 g/mol. The van der Waals surface area contributed by atoms with Crippen molar-refractivity contribution >= 4 is 36.3 Å². The molecular formula is C21H21BrN2O3S. The van der Waals surface area contributed by atoms with Crippen LogP contribution in [-0.4, -0.2) is 31.7 Å². The standard InChI is InChI=1S/C21H21BrN2O3S/c22-20-18-6-2-1-5-16(18)13-19(20)21(25)23-14-15-7-9-17(10-8-15)28(26,27)24-11-3-4-12-24/h1-2,5-10H,3-4,11-14H2,(H,23,25). The van der Waals surface area contributed by atoms with Crippen molar-refractivity contribution in [3.8, 4) is 0 Å².